The van der Waals surface area contributed by atoms with Crippen LogP contribution in [0.4, 0.5) is 26.0 Å². The van der Waals surface area contributed by atoms with Gasteiger partial charge in [0.1, 0.15) is 34.5 Å². The highest BCUT2D eigenvalue weighted by molar-refractivity contribution is 7.77. The molecule has 0 aliphatic carbocycles. The second kappa shape index (κ2) is 9.74. The highest BCUT2D eigenvalue weighted by Crippen LogP contribution is 2.31. The molecule has 1 aromatic heterocycles. The van der Waals surface area contributed by atoms with Crippen molar-refractivity contribution < 1.29 is 17.5 Å². The summed E-state index contributed by atoms with van der Waals surface area (Å²) in [5, 5.41) is 12.4. The van der Waals surface area contributed by atoms with Gasteiger partial charge in [0.05, 0.1) is 17.4 Å². The summed E-state index contributed by atoms with van der Waals surface area (Å²) in [6.45, 7) is 0.131. The summed E-state index contributed by atoms with van der Waals surface area (Å²) < 4.78 is 52.6. The lowest BCUT2D eigenvalue weighted by Crippen LogP contribution is -2.18. The SMILES string of the molecule is CN(C)c1cnc2ccc(Nc3c(F)ccc(CCCNS(=O)[O-])c3F)c(C#N)c2n1. The number of aryl methyl sites for hydroxylation is 1. The number of anilines is 3. The Morgan fingerprint density at radius 3 is 2.71 bits per heavy atom. The van der Waals surface area contributed by atoms with E-state index in [1.54, 1.807) is 31.3 Å². The van der Waals surface area contributed by atoms with Crippen molar-refractivity contribution in [3.05, 3.63) is 53.2 Å². The van der Waals surface area contributed by atoms with E-state index in [0.717, 1.165) is 6.07 Å². The van der Waals surface area contributed by atoms with Gasteiger partial charge in [-0.3, -0.25) is 9.19 Å². The predicted molar refractivity (Wildman–Crippen MR) is 113 cm³/mol. The first-order valence-corrected chi connectivity index (χ1v) is 10.3. The van der Waals surface area contributed by atoms with Crippen LogP contribution in [0.25, 0.3) is 11.0 Å². The molecule has 8 nitrogen and oxygen atoms in total. The first-order chi connectivity index (χ1) is 14.8. The number of halogens is 2. The first-order valence-electron chi connectivity index (χ1n) is 9.25. The molecule has 2 aromatic carbocycles. The van der Waals surface area contributed by atoms with Gasteiger partial charge in [0.25, 0.3) is 0 Å². The molecule has 31 heavy (non-hydrogen) atoms. The van der Waals surface area contributed by atoms with Crippen molar-refractivity contribution in [3.63, 3.8) is 0 Å². The highest BCUT2D eigenvalue weighted by Gasteiger charge is 2.17. The Balaban J connectivity index is 1.95. The molecule has 11 heteroatoms. The van der Waals surface area contributed by atoms with Crippen LogP contribution >= 0.6 is 0 Å². The summed E-state index contributed by atoms with van der Waals surface area (Å²) >= 11 is -2.39. The molecule has 0 fully saturated rings. The zero-order valence-corrected chi connectivity index (χ0v) is 17.6. The quantitative estimate of drug-likeness (QED) is 0.404. The minimum atomic E-state index is -2.39. The molecule has 1 heterocycles. The summed E-state index contributed by atoms with van der Waals surface area (Å²) in [5.74, 6) is -1.09. The average Bonchev–Trinajstić information content (AvgIpc) is 2.74. The molecule has 2 N–H and O–H groups in total. The fourth-order valence-corrected chi connectivity index (χ4v) is 3.28. The van der Waals surface area contributed by atoms with Crippen molar-refractivity contribution in [1.29, 1.82) is 5.26 Å². The number of nitrogens with one attached hydrogen (secondary N) is 2. The molecule has 3 aromatic rings. The number of hydrogen-bond donors (Lipinski definition) is 2. The van der Waals surface area contributed by atoms with Crippen LogP contribution < -0.4 is 14.9 Å². The van der Waals surface area contributed by atoms with Gasteiger partial charge in [-0.25, -0.2) is 18.5 Å². The number of nitrogens with zero attached hydrogens (tertiary/aromatic N) is 4. The van der Waals surface area contributed by atoms with Gasteiger partial charge in [0, 0.05) is 31.9 Å². The van der Waals surface area contributed by atoms with Gasteiger partial charge < -0.3 is 14.8 Å². The van der Waals surface area contributed by atoms with E-state index >= 15 is 0 Å². The molecule has 3 rings (SSSR count). The van der Waals surface area contributed by atoms with Crippen molar-refractivity contribution in [1.82, 2.24) is 14.7 Å². The van der Waals surface area contributed by atoms with Crippen molar-refractivity contribution in [3.8, 4) is 6.07 Å². The third-order valence-electron chi connectivity index (χ3n) is 4.55. The summed E-state index contributed by atoms with van der Waals surface area (Å²) in [4.78, 5) is 10.4. The van der Waals surface area contributed by atoms with Gasteiger partial charge in [-0.15, -0.1) is 0 Å². The molecule has 0 aliphatic rings. The highest BCUT2D eigenvalue weighted by atomic mass is 32.2. The lowest BCUT2D eigenvalue weighted by atomic mass is 10.1. The van der Waals surface area contributed by atoms with Gasteiger partial charge in [-0.2, -0.15) is 5.26 Å². The number of benzene rings is 2. The molecule has 0 radical (unpaired) electrons. The van der Waals surface area contributed by atoms with Crippen LogP contribution in [0.1, 0.15) is 17.5 Å². The Morgan fingerprint density at radius 1 is 1.26 bits per heavy atom. The van der Waals surface area contributed by atoms with Crippen LogP contribution in [0.5, 0.6) is 0 Å². The number of rotatable bonds is 8. The molecule has 0 spiro atoms. The zero-order valence-electron chi connectivity index (χ0n) is 16.8. The Kier molecular flexibility index (Phi) is 7.06. The Bertz CT molecular complexity index is 1180. The maximum absolute atomic E-state index is 15.0. The minimum absolute atomic E-state index is 0.111. The van der Waals surface area contributed by atoms with Crippen molar-refractivity contribution in [2.24, 2.45) is 0 Å². The maximum Gasteiger partial charge on any atom is 0.152 e. The van der Waals surface area contributed by atoms with E-state index in [9.17, 15) is 22.8 Å². The van der Waals surface area contributed by atoms with Crippen molar-refractivity contribution in [2.75, 3.05) is 30.9 Å². The maximum atomic E-state index is 15.0. The Labute approximate surface area is 180 Å². The third-order valence-corrected chi connectivity index (χ3v) is 4.99. The van der Waals surface area contributed by atoms with Crippen LogP contribution in [0.2, 0.25) is 0 Å². The molecule has 0 aliphatic heterocycles. The van der Waals surface area contributed by atoms with Gasteiger partial charge in [0.2, 0.25) is 0 Å². The molecular formula is C20H19F2N6O2S-. The summed E-state index contributed by atoms with van der Waals surface area (Å²) in [7, 11) is 3.56. The second-order valence-electron chi connectivity index (χ2n) is 6.84. The molecule has 162 valence electrons. The zero-order chi connectivity index (χ0) is 22.5. The molecular weight excluding hydrogens is 426 g/mol. The van der Waals surface area contributed by atoms with Crippen LogP contribution in [-0.2, 0) is 17.7 Å². The molecule has 1 unspecified atom stereocenters. The summed E-state index contributed by atoms with van der Waals surface area (Å²) in [5.41, 5.74) is 0.915. The fourth-order valence-electron chi connectivity index (χ4n) is 2.97. The van der Waals surface area contributed by atoms with E-state index in [1.807, 2.05) is 6.07 Å². The van der Waals surface area contributed by atoms with E-state index in [1.165, 1.54) is 12.1 Å². The van der Waals surface area contributed by atoms with Crippen molar-refractivity contribution in [2.45, 2.75) is 12.8 Å². The fraction of sp³-hybridized carbons (Fsp3) is 0.250. The van der Waals surface area contributed by atoms with Crippen LogP contribution in [0, 0.1) is 23.0 Å². The normalized spacial score (nSPS) is 11.9. The third kappa shape index (κ3) is 5.11. The Morgan fingerprint density at radius 2 is 2.03 bits per heavy atom. The molecule has 0 amide bonds. The van der Waals surface area contributed by atoms with Gasteiger partial charge in [-0.1, -0.05) is 6.07 Å². The number of aromatic nitrogens is 2. The van der Waals surface area contributed by atoms with E-state index in [-0.39, 0.29) is 29.8 Å². The predicted octanol–water partition coefficient (Wildman–Crippen LogP) is 2.91. The second-order valence-corrected chi connectivity index (χ2v) is 7.60. The van der Waals surface area contributed by atoms with E-state index in [0.29, 0.717) is 23.3 Å². The summed E-state index contributed by atoms with van der Waals surface area (Å²) in [6.07, 6.45) is 2.10. The molecule has 0 saturated carbocycles. The van der Waals surface area contributed by atoms with Crippen LogP contribution in [0.3, 0.4) is 0 Å². The van der Waals surface area contributed by atoms with E-state index < -0.39 is 28.6 Å². The standard InChI is InChI=1S/C20H20F2N6O2S/c1-28(2)17-11-24-16-8-7-15(13(10-23)19(16)27-17)26-20-14(21)6-5-12(18(20)22)4-3-9-25-31(29)30/h5-8,11,25-26H,3-4,9H2,1-2H3,(H,29,30)/p-1. The largest absolute Gasteiger partial charge is 0.760 e. The van der Waals surface area contributed by atoms with Crippen LogP contribution in [0.15, 0.2) is 30.5 Å². The number of nitriles is 1. The topological polar surface area (TPSA) is 117 Å². The lowest BCUT2D eigenvalue weighted by Gasteiger charge is -2.15. The summed E-state index contributed by atoms with van der Waals surface area (Å²) in [6, 6.07) is 7.60. The van der Waals surface area contributed by atoms with Crippen LogP contribution in [-0.4, -0.2) is 39.4 Å². The van der Waals surface area contributed by atoms with E-state index in [2.05, 4.69) is 20.0 Å². The van der Waals surface area contributed by atoms with Gasteiger partial charge >= 0.3 is 0 Å². The molecule has 1 atom stereocenters. The minimum Gasteiger partial charge on any atom is -0.760 e. The first kappa shape index (κ1) is 22.5. The monoisotopic (exact) mass is 445 g/mol. The number of hydrogen-bond acceptors (Lipinski definition) is 7. The van der Waals surface area contributed by atoms with Gasteiger partial charge in [-0.05, 0) is 36.6 Å². The van der Waals surface area contributed by atoms with E-state index in [4.69, 9.17) is 0 Å². The molecule has 0 saturated heterocycles. The lowest BCUT2D eigenvalue weighted by molar-refractivity contribution is 0.520. The van der Waals surface area contributed by atoms with Crippen molar-refractivity contribution >= 4 is 39.5 Å². The molecule has 0 bridgehead atoms. The van der Waals surface area contributed by atoms with Gasteiger partial charge in [0.15, 0.2) is 5.82 Å². The number of fused-ring (bicyclic) bond motifs is 1. The average molecular weight is 445 g/mol. The smallest absolute Gasteiger partial charge is 0.152 e. The Hall–Kier alpha value is -3.20.